The van der Waals surface area contributed by atoms with Crippen LogP contribution in [0, 0.1) is 5.82 Å². The second-order valence-electron chi connectivity index (χ2n) is 3.16. The number of carbonyl (C=O) groups is 1. The number of benzene rings is 1. The van der Waals surface area contributed by atoms with Crippen LogP contribution in [-0.4, -0.2) is 17.7 Å². The summed E-state index contributed by atoms with van der Waals surface area (Å²) >= 11 is 0. The molecule has 0 bridgehead atoms. The standard InChI is InChI=1S/C12H13FO3/c1-2-16-8-9-3-5-11(13)10(7-9)4-6-12(14)15/h3-7H,2,8H2,1H3,(H,14,15). The fourth-order valence-electron chi connectivity index (χ4n) is 1.19. The Morgan fingerprint density at radius 3 is 2.94 bits per heavy atom. The summed E-state index contributed by atoms with van der Waals surface area (Å²) in [5.74, 6) is -1.55. The third-order valence-electron chi connectivity index (χ3n) is 1.94. The van der Waals surface area contributed by atoms with Crippen LogP contribution >= 0.6 is 0 Å². The molecule has 1 rings (SSSR count). The van der Waals surface area contributed by atoms with Crippen molar-refractivity contribution in [2.24, 2.45) is 0 Å². The first-order chi connectivity index (χ1) is 7.63. The number of hydrogen-bond acceptors (Lipinski definition) is 2. The molecular formula is C12H13FO3. The van der Waals surface area contributed by atoms with E-state index in [-0.39, 0.29) is 5.56 Å². The smallest absolute Gasteiger partial charge is 0.328 e. The number of rotatable bonds is 5. The van der Waals surface area contributed by atoms with E-state index in [1.165, 1.54) is 12.1 Å². The highest BCUT2D eigenvalue weighted by atomic mass is 19.1. The average Bonchev–Trinajstić information content (AvgIpc) is 2.26. The SMILES string of the molecule is CCOCc1ccc(F)c(C=CC(=O)O)c1. The van der Waals surface area contributed by atoms with Crippen LogP contribution in [0.2, 0.25) is 0 Å². The molecule has 0 aromatic heterocycles. The summed E-state index contributed by atoms with van der Waals surface area (Å²) in [4.78, 5) is 10.3. The number of carboxylic acids is 1. The maximum absolute atomic E-state index is 13.3. The molecule has 0 saturated carbocycles. The number of aliphatic carboxylic acids is 1. The van der Waals surface area contributed by atoms with Crippen LogP contribution in [0.5, 0.6) is 0 Å². The van der Waals surface area contributed by atoms with Crippen molar-refractivity contribution in [3.63, 3.8) is 0 Å². The monoisotopic (exact) mass is 224 g/mol. The highest BCUT2D eigenvalue weighted by Crippen LogP contribution is 2.13. The first-order valence-electron chi connectivity index (χ1n) is 4.90. The summed E-state index contributed by atoms with van der Waals surface area (Å²) in [5, 5.41) is 8.44. The quantitative estimate of drug-likeness (QED) is 0.781. The van der Waals surface area contributed by atoms with E-state index in [0.717, 1.165) is 11.6 Å². The minimum Gasteiger partial charge on any atom is -0.478 e. The molecule has 3 nitrogen and oxygen atoms in total. The van der Waals surface area contributed by atoms with Crippen molar-refractivity contribution >= 4 is 12.0 Å². The predicted octanol–water partition coefficient (Wildman–Crippen LogP) is 2.46. The van der Waals surface area contributed by atoms with Gasteiger partial charge in [0.15, 0.2) is 0 Å². The van der Waals surface area contributed by atoms with Crippen LogP contribution in [0.3, 0.4) is 0 Å². The van der Waals surface area contributed by atoms with Gasteiger partial charge in [-0.25, -0.2) is 9.18 Å². The normalized spacial score (nSPS) is 10.9. The lowest BCUT2D eigenvalue weighted by Gasteiger charge is -2.03. The van der Waals surface area contributed by atoms with E-state index < -0.39 is 11.8 Å². The number of halogens is 1. The maximum Gasteiger partial charge on any atom is 0.328 e. The molecule has 1 aromatic rings. The van der Waals surface area contributed by atoms with Gasteiger partial charge in [-0.05, 0) is 30.7 Å². The van der Waals surface area contributed by atoms with E-state index in [1.54, 1.807) is 12.1 Å². The van der Waals surface area contributed by atoms with E-state index in [4.69, 9.17) is 9.84 Å². The Bertz CT molecular complexity index is 399. The van der Waals surface area contributed by atoms with Crippen molar-refractivity contribution in [2.75, 3.05) is 6.61 Å². The Hall–Kier alpha value is -1.68. The Balaban J connectivity index is 2.85. The summed E-state index contributed by atoms with van der Waals surface area (Å²) in [5.41, 5.74) is 1.06. The van der Waals surface area contributed by atoms with Gasteiger partial charge in [0.1, 0.15) is 5.82 Å². The van der Waals surface area contributed by atoms with Gasteiger partial charge in [0.25, 0.3) is 0 Å². The maximum atomic E-state index is 13.3. The first-order valence-corrected chi connectivity index (χ1v) is 4.90. The zero-order chi connectivity index (χ0) is 12.0. The van der Waals surface area contributed by atoms with Crippen LogP contribution < -0.4 is 0 Å². The molecule has 0 heterocycles. The molecule has 0 saturated heterocycles. The van der Waals surface area contributed by atoms with Gasteiger partial charge in [0.05, 0.1) is 6.61 Å². The highest BCUT2D eigenvalue weighted by Gasteiger charge is 2.01. The summed E-state index contributed by atoms with van der Waals surface area (Å²) in [7, 11) is 0. The molecule has 0 radical (unpaired) electrons. The van der Waals surface area contributed by atoms with Crippen molar-refractivity contribution in [1.29, 1.82) is 0 Å². The zero-order valence-corrected chi connectivity index (χ0v) is 8.94. The Morgan fingerprint density at radius 1 is 1.56 bits per heavy atom. The van der Waals surface area contributed by atoms with Gasteiger partial charge in [-0.3, -0.25) is 0 Å². The Morgan fingerprint density at radius 2 is 2.31 bits per heavy atom. The lowest BCUT2D eigenvalue weighted by Crippen LogP contribution is -1.94. The van der Waals surface area contributed by atoms with Gasteiger partial charge in [0, 0.05) is 18.2 Å². The topological polar surface area (TPSA) is 46.5 Å². The lowest BCUT2D eigenvalue weighted by molar-refractivity contribution is -0.131. The summed E-state index contributed by atoms with van der Waals surface area (Å²) < 4.78 is 18.4. The fourth-order valence-corrected chi connectivity index (χ4v) is 1.19. The molecule has 0 spiro atoms. The zero-order valence-electron chi connectivity index (χ0n) is 8.94. The minimum absolute atomic E-state index is 0.250. The van der Waals surface area contributed by atoms with Gasteiger partial charge in [-0.15, -0.1) is 0 Å². The molecule has 0 aliphatic heterocycles. The number of carboxylic acid groups (broad SMARTS) is 1. The van der Waals surface area contributed by atoms with Crippen molar-refractivity contribution in [1.82, 2.24) is 0 Å². The van der Waals surface area contributed by atoms with Crippen LogP contribution in [0.15, 0.2) is 24.3 Å². The highest BCUT2D eigenvalue weighted by molar-refractivity contribution is 5.85. The first kappa shape index (κ1) is 12.4. The predicted molar refractivity (Wildman–Crippen MR) is 58.4 cm³/mol. The third-order valence-corrected chi connectivity index (χ3v) is 1.94. The van der Waals surface area contributed by atoms with Crippen LogP contribution in [0.4, 0.5) is 4.39 Å². The van der Waals surface area contributed by atoms with E-state index in [2.05, 4.69) is 0 Å². The van der Waals surface area contributed by atoms with Gasteiger partial charge in [0.2, 0.25) is 0 Å². The molecule has 0 aliphatic rings. The minimum atomic E-state index is -1.10. The van der Waals surface area contributed by atoms with Gasteiger partial charge in [-0.2, -0.15) is 0 Å². The lowest BCUT2D eigenvalue weighted by atomic mass is 10.1. The van der Waals surface area contributed by atoms with Crippen molar-refractivity contribution in [3.8, 4) is 0 Å². The molecule has 16 heavy (non-hydrogen) atoms. The van der Waals surface area contributed by atoms with Crippen LogP contribution in [0.25, 0.3) is 6.08 Å². The van der Waals surface area contributed by atoms with Gasteiger partial charge in [-0.1, -0.05) is 6.07 Å². The van der Waals surface area contributed by atoms with Gasteiger partial charge < -0.3 is 9.84 Å². The summed E-state index contributed by atoms with van der Waals surface area (Å²) in [6.07, 6.45) is 2.13. The number of hydrogen-bond donors (Lipinski definition) is 1. The summed E-state index contributed by atoms with van der Waals surface area (Å²) in [6.45, 7) is 2.84. The number of ether oxygens (including phenoxy) is 1. The molecule has 0 unspecified atom stereocenters. The molecule has 4 heteroatoms. The molecule has 0 amide bonds. The molecule has 0 atom stereocenters. The summed E-state index contributed by atoms with van der Waals surface area (Å²) in [6, 6.07) is 4.49. The Kier molecular flexibility index (Phi) is 4.66. The Labute approximate surface area is 93.2 Å². The molecular weight excluding hydrogens is 211 g/mol. The van der Waals surface area contributed by atoms with Crippen LogP contribution in [-0.2, 0) is 16.1 Å². The van der Waals surface area contributed by atoms with E-state index in [1.807, 2.05) is 6.92 Å². The van der Waals surface area contributed by atoms with E-state index >= 15 is 0 Å². The molecule has 1 N–H and O–H groups in total. The van der Waals surface area contributed by atoms with Gasteiger partial charge >= 0.3 is 5.97 Å². The second-order valence-corrected chi connectivity index (χ2v) is 3.16. The largest absolute Gasteiger partial charge is 0.478 e. The molecule has 86 valence electrons. The average molecular weight is 224 g/mol. The van der Waals surface area contributed by atoms with E-state index in [0.29, 0.717) is 13.2 Å². The fraction of sp³-hybridized carbons (Fsp3) is 0.250. The third kappa shape index (κ3) is 3.82. The van der Waals surface area contributed by atoms with Crippen molar-refractivity contribution < 1.29 is 19.0 Å². The second kappa shape index (κ2) is 6.02. The molecule has 1 aromatic carbocycles. The van der Waals surface area contributed by atoms with Crippen molar-refractivity contribution in [2.45, 2.75) is 13.5 Å². The molecule has 0 fully saturated rings. The van der Waals surface area contributed by atoms with Crippen molar-refractivity contribution in [3.05, 3.63) is 41.2 Å². The van der Waals surface area contributed by atoms with Crippen LogP contribution in [0.1, 0.15) is 18.1 Å². The van der Waals surface area contributed by atoms with E-state index in [9.17, 15) is 9.18 Å². The molecule has 0 aliphatic carbocycles.